The molecule has 1 fully saturated rings. The summed E-state index contributed by atoms with van der Waals surface area (Å²) in [5, 5.41) is 21.6. The average molecular weight is 273 g/mol. The third-order valence-electron chi connectivity index (χ3n) is 3.72. The van der Waals surface area contributed by atoms with Gasteiger partial charge in [-0.2, -0.15) is 0 Å². The maximum Gasteiger partial charge on any atom is 0.301 e. The molecule has 0 aliphatic carbocycles. The topological polar surface area (TPSA) is 79.5 Å². The van der Waals surface area contributed by atoms with Crippen LogP contribution in [0.5, 0.6) is 0 Å². The number of pyridine rings is 1. The fraction of sp³-hybridized carbons (Fsp3) is 0.357. The molecule has 3 rings (SSSR count). The van der Waals surface area contributed by atoms with Crippen LogP contribution in [-0.4, -0.2) is 34.2 Å². The normalized spacial score (nSPS) is 16.6. The number of hydrogen-bond donors (Lipinski definition) is 1. The van der Waals surface area contributed by atoms with Gasteiger partial charge in [0.1, 0.15) is 5.69 Å². The minimum absolute atomic E-state index is 0.104. The Morgan fingerprint density at radius 2 is 2.05 bits per heavy atom. The first-order chi connectivity index (χ1) is 9.66. The number of benzene rings is 1. The largest absolute Gasteiger partial charge is 0.393 e. The van der Waals surface area contributed by atoms with Crippen molar-refractivity contribution in [3.05, 3.63) is 40.6 Å². The number of anilines is 1. The summed E-state index contributed by atoms with van der Waals surface area (Å²) < 4.78 is 0. The van der Waals surface area contributed by atoms with Crippen LogP contribution < -0.4 is 4.90 Å². The van der Waals surface area contributed by atoms with Gasteiger partial charge in [-0.05, 0) is 37.1 Å². The van der Waals surface area contributed by atoms with E-state index in [1.165, 1.54) is 0 Å². The summed E-state index contributed by atoms with van der Waals surface area (Å²) in [4.78, 5) is 17.2. The molecule has 1 N–H and O–H groups in total. The fourth-order valence-corrected chi connectivity index (χ4v) is 2.68. The first-order valence-electron chi connectivity index (χ1n) is 6.62. The molecular weight excluding hydrogens is 258 g/mol. The van der Waals surface area contributed by atoms with Crippen LogP contribution in [0.3, 0.4) is 0 Å². The molecule has 0 atom stereocenters. The number of aliphatic hydroxyl groups is 1. The highest BCUT2D eigenvalue weighted by Gasteiger charge is 2.26. The van der Waals surface area contributed by atoms with E-state index in [1.54, 1.807) is 24.4 Å². The highest BCUT2D eigenvalue weighted by Crippen LogP contribution is 2.36. The maximum atomic E-state index is 11.4. The van der Waals surface area contributed by atoms with Gasteiger partial charge < -0.3 is 10.0 Å². The molecule has 2 heterocycles. The minimum Gasteiger partial charge on any atom is -0.393 e. The predicted octanol–water partition coefficient (Wildman–Crippen LogP) is 2.10. The van der Waals surface area contributed by atoms with Gasteiger partial charge in [-0.3, -0.25) is 15.1 Å². The predicted molar refractivity (Wildman–Crippen MR) is 75.9 cm³/mol. The lowest BCUT2D eigenvalue weighted by Gasteiger charge is -2.31. The molecule has 0 bridgehead atoms. The summed E-state index contributed by atoms with van der Waals surface area (Å²) in [6.07, 6.45) is 2.61. The second-order valence-corrected chi connectivity index (χ2v) is 4.98. The van der Waals surface area contributed by atoms with Crippen LogP contribution in [0, 0.1) is 10.1 Å². The zero-order valence-corrected chi connectivity index (χ0v) is 10.9. The minimum atomic E-state index is -0.343. The Labute approximate surface area is 115 Å². The van der Waals surface area contributed by atoms with Gasteiger partial charge >= 0.3 is 5.69 Å². The number of piperidine rings is 1. The number of hydrogen-bond acceptors (Lipinski definition) is 5. The van der Waals surface area contributed by atoms with Crippen LogP contribution in [0.1, 0.15) is 12.8 Å². The zero-order valence-electron chi connectivity index (χ0n) is 10.9. The van der Waals surface area contributed by atoms with Crippen LogP contribution in [0.15, 0.2) is 30.5 Å². The second-order valence-electron chi connectivity index (χ2n) is 4.98. The summed E-state index contributed by atoms with van der Waals surface area (Å²) in [7, 11) is 0. The van der Waals surface area contributed by atoms with Crippen LogP contribution in [0.4, 0.5) is 11.4 Å². The van der Waals surface area contributed by atoms with Crippen molar-refractivity contribution in [1.82, 2.24) is 4.98 Å². The Hall–Kier alpha value is -2.21. The first kappa shape index (κ1) is 12.8. The Morgan fingerprint density at radius 1 is 1.30 bits per heavy atom. The van der Waals surface area contributed by atoms with E-state index in [2.05, 4.69) is 4.98 Å². The van der Waals surface area contributed by atoms with Crippen molar-refractivity contribution in [2.75, 3.05) is 18.0 Å². The van der Waals surface area contributed by atoms with Crippen LogP contribution in [0.25, 0.3) is 10.9 Å². The van der Waals surface area contributed by atoms with Crippen molar-refractivity contribution >= 4 is 22.3 Å². The summed E-state index contributed by atoms with van der Waals surface area (Å²) in [6, 6.07) is 7.00. The number of aliphatic hydroxyl groups excluding tert-OH is 1. The number of nitro benzene ring substituents is 1. The van der Waals surface area contributed by atoms with Gasteiger partial charge in [0.25, 0.3) is 0 Å². The SMILES string of the molecule is O=[N+]([O-])c1c(N2CCC(O)CC2)ccc2ncccc12. The Balaban J connectivity index is 2.10. The molecule has 1 aliphatic heterocycles. The van der Waals surface area contributed by atoms with Gasteiger partial charge in [-0.1, -0.05) is 0 Å². The lowest BCUT2D eigenvalue weighted by atomic mass is 10.1. The molecule has 6 heteroatoms. The maximum absolute atomic E-state index is 11.4. The summed E-state index contributed by atoms with van der Waals surface area (Å²) in [5.41, 5.74) is 1.34. The Kier molecular flexibility index (Phi) is 3.23. The van der Waals surface area contributed by atoms with Gasteiger partial charge in [0.15, 0.2) is 0 Å². The Morgan fingerprint density at radius 3 is 2.75 bits per heavy atom. The summed E-state index contributed by atoms with van der Waals surface area (Å²) in [5.74, 6) is 0. The van der Waals surface area contributed by atoms with E-state index in [0.29, 0.717) is 42.5 Å². The molecule has 1 saturated heterocycles. The number of rotatable bonds is 2. The van der Waals surface area contributed by atoms with E-state index in [0.717, 1.165) is 0 Å². The molecule has 1 aliphatic rings. The van der Waals surface area contributed by atoms with E-state index in [9.17, 15) is 15.2 Å². The Bertz CT molecular complexity index is 651. The molecule has 0 saturated carbocycles. The number of nitro groups is 1. The van der Waals surface area contributed by atoms with E-state index in [4.69, 9.17) is 0 Å². The number of aromatic nitrogens is 1. The molecule has 1 aromatic heterocycles. The monoisotopic (exact) mass is 273 g/mol. The molecule has 0 radical (unpaired) electrons. The van der Waals surface area contributed by atoms with Gasteiger partial charge in [0.05, 0.1) is 21.9 Å². The molecule has 6 nitrogen and oxygen atoms in total. The lowest BCUT2D eigenvalue weighted by Crippen LogP contribution is -2.36. The van der Waals surface area contributed by atoms with E-state index in [1.807, 2.05) is 11.0 Å². The van der Waals surface area contributed by atoms with E-state index in [-0.39, 0.29) is 16.7 Å². The quantitative estimate of drug-likeness (QED) is 0.669. The molecule has 20 heavy (non-hydrogen) atoms. The van der Waals surface area contributed by atoms with Crippen molar-refractivity contribution in [2.45, 2.75) is 18.9 Å². The molecule has 0 spiro atoms. The highest BCUT2D eigenvalue weighted by molar-refractivity contribution is 5.94. The first-order valence-corrected chi connectivity index (χ1v) is 6.62. The van der Waals surface area contributed by atoms with Crippen molar-refractivity contribution < 1.29 is 10.0 Å². The van der Waals surface area contributed by atoms with Crippen molar-refractivity contribution in [3.63, 3.8) is 0 Å². The van der Waals surface area contributed by atoms with Gasteiger partial charge in [-0.15, -0.1) is 0 Å². The fourth-order valence-electron chi connectivity index (χ4n) is 2.68. The van der Waals surface area contributed by atoms with E-state index < -0.39 is 0 Å². The van der Waals surface area contributed by atoms with Gasteiger partial charge in [-0.25, -0.2) is 0 Å². The van der Waals surface area contributed by atoms with Crippen molar-refractivity contribution in [3.8, 4) is 0 Å². The number of nitrogens with zero attached hydrogens (tertiary/aromatic N) is 3. The van der Waals surface area contributed by atoms with Crippen LogP contribution in [-0.2, 0) is 0 Å². The highest BCUT2D eigenvalue weighted by atomic mass is 16.6. The molecule has 0 amide bonds. The molecular formula is C14H15N3O3. The zero-order chi connectivity index (χ0) is 14.1. The van der Waals surface area contributed by atoms with Gasteiger partial charge in [0.2, 0.25) is 0 Å². The summed E-state index contributed by atoms with van der Waals surface area (Å²) in [6.45, 7) is 1.27. The van der Waals surface area contributed by atoms with E-state index >= 15 is 0 Å². The second kappa shape index (κ2) is 5.05. The van der Waals surface area contributed by atoms with Crippen molar-refractivity contribution in [2.24, 2.45) is 0 Å². The van der Waals surface area contributed by atoms with Crippen LogP contribution in [0.2, 0.25) is 0 Å². The molecule has 104 valence electrons. The molecule has 0 unspecified atom stereocenters. The standard InChI is InChI=1S/C14H15N3O3/c18-10-5-8-16(9-6-10)13-4-3-12-11(2-1-7-15-12)14(13)17(19)20/h1-4,7,10,18H,5-6,8-9H2. The third-order valence-corrected chi connectivity index (χ3v) is 3.72. The van der Waals surface area contributed by atoms with Crippen LogP contribution >= 0.6 is 0 Å². The smallest absolute Gasteiger partial charge is 0.301 e. The molecule has 1 aromatic carbocycles. The lowest BCUT2D eigenvalue weighted by molar-refractivity contribution is -0.382. The van der Waals surface area contributed by atoms with Gasteiger partial charge in [0, 0.05) is 19.3 Å². The van der Waals surface area contributed by atoms with Crippen molar-refractivity contribution in [1.29, 1.82) is 0 Å². The third kappa shape index (κ3) is 2.18. The molecule has 2 aromatic rings. The number of fused-ring (bicyclic) bond motifs is 1. The summed E-state index contributed by atoms with van der Waals surface area (Å²) >= 11 is 0. The average Bonchev–Trinajstić information content (AvgIpc) is 2.46.